The largest absolute Gasteiger partial charge is 0.396 e. The molecule has 1 aliphatic rings. The van der Waals surface area contributed by atoms with E-state index in [2.05, 4.69) is 17.0 Å². The fraction of sp³-hybridized carbons (Fsp3) is 0.500. The quantitative estimate of drug-likeness (QED) is 0.866. The number of nitrogens with zero attached hydrogens (tertiary/aromatic N) is 2. The first-order chi connectivity index (χ1) is 8.81. The maximum absolute atomic E-state index is 11.8. The summed E-state index contributed by atoms with van der Waals surface area (Å²) in [5.41, 5.74) is 1.22. The molecule has 4 heteroatoms. The van der Waals surface area contributed by atoms with Gasteiger partial charge in [-0.25, -0.2) is 0 Å². The highest BCUT2D eigenvalue weighted by Crippen LogP contribution is 2.15. The standard InChI is InChI=1S/C14H20N2O2/c17-12-4-7-14(18)16-10-8-15(9-11-16)13-5-2-1-3-6-13/h1-3,5-6,17H,4,7-12H2/i14-1. The number of amides is 1. The number of aliphatic hydroxyl groups excluding tert-OH is 1. The van der Waals surface area contributed by atoms with Crippen molar-refractivity contribution in [1.29, 1.82) is 0 Å². The molecule has 18 heavy (non-hydrogen) atoms. The summed E-state index contributed by atoms with van der Waals surface area (Å²) in [6.45, 7) is 3.41. The molecular weight excluding hydrogens is 227 g/mol. The molecule has 1 amide bonds. The Morgan fingerprint density at radius 3 is 2.39 bits per heavy atom. The van der Waals surface area contributed by atoms with Gasteiger partial charge in [0.2, 0.25) is 5.91 Å². The molecule has 0 saturated carbocycles. The number of hydrogen-bond donors (Lipinski definition) is 1. The summed E-state index contributed by atoms with van der Waals surface area (Å²) in [6.07, 6.45) is 1.03. The third kappa shape index (κ3) is 3.23. The molecule has 1 saturated heterocycles. The van der Waals surface area contributed by atoms with Crippen molar-refractivity contribution >= 4 is 11.6 Å². The number of aliphatic hydroxyl groups is 1. The number of hydrogen-bond acceptors (Lipinski definition) is 3. The SMILES string of the molecule is O=[11C](CCCO)N1CCN(c2ccccc2)CC1. The van der Waals surface area contributed by atoms with E-state index in [4.69, 9.17) is 5.11 Å². The molecule has 1 aromatic rings. The number of piperazine rings is 1. The van der Waals surface area contributed by atoms with Gasteiger partial charge in [-0.1, -0.05) is 18.2 Å². The van der Waals surface area contributed by atoms with Crippen LogP contribution in [0.1, 0.15) is 12.8 Å². The number of benzene rings is 1. The molecule has 1 heterocycles. The van der Waals surface area contributed by atoms with Gasteiger partial charge in [0.25, 0.3) is 0 Å². The molecule has 4 nitrogen and oxygen atoms in total. The fourth-order valence-corrected chi connectivity index (χ4v) is 2.24. The van der Waals surface area contributed by atoms with E-state index in [0.29, 0.717) is 12.8 Å². The van der Waals surface area contributed by atoms with Crippen molar-refractivity contribution in [2.45, 2.75) is 12.8 Å². The van der Waals surface area contributed by atoms with Gasteiger partial charge in [-0.2, -0.15) is 0 Å². The average Bonchev–Trinajstić information content (AvgIpc) is 2.46. The van der Waals surface area contributed by atoms with E-state index >= 15 is 0 Å². The van der Waals surface area contributed by atoms with E-state index in [-0.39, 0.29) is 12.5 Å². The van der Waals surface area contributed by atoms with E-state index in [1.165, 1.54) is 5.69 Å². The van der Waals surface area contributed by atoms with E-state index in [1.54, 1.807) is 0 Å². The van der Waals surface area contributed by atoms with Gasteiger partial charge in [0.15, 0.2) is 0 Å². The van der Waals surface area contributed by atoms with Crippen molar-refractivity contribution in [2.24, 2.45) is 0 Å². The van der Waals surface area contributed by atoms with Crippen LogP contribution in [0.3, 0.4) is 0 Å². The highest BCUT2D eigenvalue weighted by Gasteiger charge is 2.20. The molecule has 0 atom stereocenters. The first-order valence-corrected chi connectivity index (χ1v) is 6.50. The summed E-state index contributed by atoms with van der Waals surface area (Å²) in [7, 11) is 0. The van der Waals surface area contributed by atoms with Gasteiger partial charge in [-0.05, 0) is 18.6 Å². The van der Waals surface area contributed by atoms with Crippen molar-refractivity contribution in [3.8, 4) is 0 Å². The highest BCUT2D eigenvalue weighted by atomic mass is 16.3. The lowest BCUT2D eigenvalue weighted by molar-refractivity contribution is -0.131. The number of carbonyl (C=O) groups excluding carboxylic acids is 1. The maximum Gasteiger partial charge on any atom is 0.222 e. The zero-order chi connectivity index (χ0) is 12.8. The van der Waals surface area contributed by atoms with Crippen LogP contribution in [0.25, 0.3) is 0 Å². The number of anilines is 1. The van der Waals surface area contributed by atoms with Crippen LogP contribution in [0.15, 0.2) is 30.3 Å². The summed E-state index contributed by atoms with van der Waals surface area (Å²) in [4.78, 5) is 16.0. The van der Waals surface area contributed by atoms with E-state index in [0.717, 1.165) is 26.2 Å². The monoisotopic (exact) mass is 247 g/mol. The molecule has 0 radical (unpaired) electrons. The number of carbonyl (C=O) groups is 1. The van der Waals surface area contributed by atoms with Crippen LogP contribution in [0.4, 0.5) is 5.69 Å². The van der Waals surface area contributed by atoms with Gasteiger partial charge < -0.3 is 14.9 Å². The lowest BCUT2D eigenvalue weighted by Gasteiger charge is -2.36. The molecule has 0 unspecified atom stereocenters. The van der Waals surface area contributed by atoms with Gasteiger partial charge in [0.1, 0.15) is 0 Å². The predicted octanol–water partition coefficient (Wildman–Crippen LogP) is 1.11. The summed E-state index contributed by atoms with van der Waals surface area (Å²) >= 11 is 0. The van der Waals surface area contributed by atoms with Crippen molar-refractivity contribution in [3.05, 3.63) is 30.3 Å². The van der Waals surface area contributed by atoms with Crippen LogP contribution in [0.2, 0.25) is 0 Å². The topological polar surface area (TPSA) is 43.8 Å². The minimum Gasteiger partial charge on any atom is -0.396 e. The molecule has 0 aliphatic carbocycles. The number of para-hydroxylation sites is 1. The van der Waals surface area contributed by atoms with Gasteiger partial charge >= 0.3 is 0 Å². The molecule has 1 N–H and O–H groups in total. The van der Waals surface area contributed by atoms with Crippen LogP contribution in [0.5, 0.6) is 0 Å². The summed E-state index contributed by atoms with van der Waals surface area (Å²) in [5, 5.41) is 8.73. The van der Waals surface area contributed by atoms with E-state index < -0.39 is 0 Å². The lowest BCUT2D eigenvalue weighted by atomic mass is 9.90. The smallest absolute Gasteiger partial charge is 0.222 e. The normalized spacial score (nSPS) is 15.8. The summed E-state index contributed by atoms with van der Waals surface area (Å²) in [5.74, 6) is 0.164. The van der Waals surface area contributed by atoms with Crippen molar-refractivity contribution in [2.75, 3.05) is 37.7 Å². The second kappa shape index (κ2) is 6.40. The Morgan fingerprint density at radius 1 is 1.11 bits per heavy atom. The van der Waals surface area contributed by atoms with Gasteiger partial charge in [0.05, 0.1) is 0 Å². The molecule has 0 bridgehead atoms. The van der Waals surface area contributed by atoms with Crippen molar-refractivity contribution in [3.63, 3.8) is 0 Å². The fourth-order valence-electron chi connectivity index (χ4n) is 2.24. The number of rotatable bonds is 4. The molecule has 2 rings (SSSR count). The molecule has 98 valence electrons. The van der Waals surface area contributed by atoms with E-state index in [9.17, 15) is 4.79 Å². The molecule has 1 aromatic carbocycles. The van der Waals surface area contributed by atoms with Gasteiger partial charge in [-0.15, -0.1) is 0 Å². The van der Waals surface area contributed by atoms with Crippen LogP contribution in [-0.2, 0) is 4.79 Å². The molecule has 0 spiro atoms. The van der Waals surface area contributed by atoms with Crippen molar-refractivity contribution < 1.29 is 9.90 Å². The van der Waals surface area contributed by atoms with Gasteiger partial charge in [0, 0.05) is 44.9 Å². The Hall–Kier alpha value is -1.55. The highest BCUT2D eigenvalue weighted by molar-refractivity contribution is 5.76. The van der Waals surface area contributed by atoms with Crippen LogP contribution in [-0.4, -0.2) is 48.7 Å². The Morgan fingerprint density at radius 2 is 1.78 bits per heavy atom. The minimum atomic E-state index is 0.0930. The Balaban J connectivity index is 1.83. The second-order valence-corrected chi connectivity index (χ2v) is 4.53. The summed E-state index contributed by atoms with van der Waals surface area (Å²) < 4.78 is 0. The van der Waals surface area contributed by atoms with E-state index in [1.807, 2.05) is 23.1 Å². The molecular formula is C14H20N2O2. The van der Waals surface area contributed by atoms with Crippen LogP contribution < -0.4 is 4.90 Å². The third-order valence-corrected chi connectivity index (χ3v) is 3.30. The van der Waals surface area contributed by atoms with Crippen molar-refractivity contribution in [1.82, 2.24) is 4.90 Å². The Kier molecular flexibility index (Phi) is 4.59. The first kappa shape index (κ1) is 12.9. The maximum atomic E-state index is 11.8. The lowest BCUT2D eigenvalue weighted by Crippen LogP contribution is -2.48. The van der Waals surface area contributed by atoms with Crippen LogP contribution >= 0.6 is 0 Å². The first-order valence-electron chi connectivity index (χ1n) is 6.50. The second-order valence-electron chi connectivity index (χ2n) is 4.53. The average molecular weight is 247 g/mol. The molecule has 0 aromatic heterocycles. The third-order valence-electron chi connectivity index (χ3n) is 3.30. The summed E-state index contributed by atoms with van der Waals surface area (Å²) in [6, 6.07) is 10.3. The minimum absolute atomic E-state index is 0.0930. The Bertz CT molecular complexity index is 373. The molecule has 1 fully saturated rings. The predicted molar refractivity (Wildman–Crippen MR) is 71.6 cm³/mol. The van der Waals surface area contributed by atoms with Crippen LogP contribution in [0, 0.1) is 0 Å². The zero-order valence-electron chi connectivity index (χ0n) is 10.6. The molecule has 1 aliphatic heterocycles. The Labute approximate surface area is 108 Å². The van der Waals surface area contributed by atoms with Gasteiger partial charge in [-0.3, -0.25) is 4.79 Å². The zero-order valence-corrected chi connectivity index (χ0v) is 10.6.